The second-order valence-electron chi connectivity index (χ2n) is 4.38. The first-order valence-corrected chi connectivity index (χ1v) is 7.38. The summed E-state index contributed by atoms with van der Waals surface area (Å²) >= 11 is 0. The van der Waals surface area contributed by atoms with Crippen LogP contribution < -0.4 is 0 Å². The normalized spacial score (nSPS) is 11.0. The van der Waals surface area contributed by atoms with Gasteiger partial charge in [0, 0.05) is 25.4 Å². The highest BCUT2D eigenvalue weighted by Crippen LogP contribution is 2.08. The molecule has 0 aliphatic heterocycles. The fourth-order valence-corrected chi connectivity index (χ4v) is 1.80. The highest BCUT2D eigenvalue weighted by atomic mass is 16.5. The molecule has 5 heteroatoms. The van der Waals surface area contributed by atoms with Gasteiger partial charge in [-0.1, -0.05) is 18.1 Å². The van der Waals surface area contributed by atoms with Crippen LogP contribution in [0.4, 0.5) is 0 Å². The van der Waals surface area contributed by atoms with E-state index in [-0.39, 0.29) is 25.0 Å². The third-order valence-corrected chi connectivity index (χ3v) is 2.71. The average Bonchev–Trinajstić information content (AvgIpc) is 2.48. The Hall–Kier alpha value is -2.06. The van der Waals surface area contributed by atoms with E-state index in [1.165, 1.54) is 0 Å². The van der Waals surface area contributed by atoms with Gasteiger partial charge in [0.2, 0.25) is 0 Å². The molecule has 22 heavy (non-hydrogen) atoms. The molecule has 0 aliphatic rings. The zero-order valence-corrected chi connectivity index (χ0v) is 13.5. The highest BCUT2D eigenvalue weighted by molar-refractivity contribution is 5.88. The van der Waals surface area contributed by atoms with Gasteiger partial charge >= 0.3 is 11.9 Å². The Balaban J connectivity index is 4.93. The molecule has 0 amide bonds. The standard InChI is InChI=1S/C17H25NO4/c1-5-13-18(14-6-2)15(9-11-16(19)21-7-3)10-12-17(20)22-8-4/h5-6,15H,1-2,7-9,11,13-14H2,3-4H3. The molecule has 0 saturated carbocycles. The summed E-state index contributed by atoms with van der Waals surface area (Å²) in [6, 6.07) is -0.273. The topological polar surface area (TPSA) is 55.8 Å². The lowest BCUT2D eigenvalue weighted by molar-refractivity contribution is -0.143. The second-order valence-corrected chi connectivity index (χ2v) is 4.38. The molecule has 0 fully saturated rings. The van der Waals surface area contributed by atoms with E-state index in [1.54, 1.807) is 26.0 Å². The molecule has 1 atom stereocenters. The van der Waals surface area contributed by atoms with Crippen LogP contribution in [0.1, 0.15) is 26.7 Å². The van der Waals surface area contributed by atoms with Gasteiger partial charge in [-0.25, -0.2) is 4.79 Å². The summed E-state index contributed by atoms with van der Waals surface area (Å²) in [6.45, 7) is 12.7. The molecular weight excluding hydrogens is 282 g/mol. The molecule has 0 N–H and O–H groups in total. The Kier molecular flexibility index (Phi) is 11.5. The lowest BCUT2D eigenvalue weighted by Gasteiger charge is -2.25. The van der Waals surface area contributed by atoms with Crippen molar-refractivity contribution in [3.63, 3.8) is 0 Å². The maximum atomic E-state index is 11.5. The molecule has 0 aromatic rings. The zero-order valence-electron chi connectivity index (χ0n) is 13.5. The summed E-state index contributed by atoms with van der Waals surface area (Å²) in [5.41, 5.74) is 0. The summed E-state index contributed by atoms with van der Waals surface area (Å²) in [6.07, 6.45) is 4.19. The molecule has 0 aliphatic carbocycles. The minimum absolute atomic E-state index is 0.237. The molecule has 0 spiro atoms. The van der Waals surface area contributed by atoms with Crippen molar-refractivity contribution in [3.05, 3.63) is 25.3 Å². The van der Waals surface area contributed by atoms with Gasteiger partial charge in [0.05, 0.1) is 19.3 Å². The van der Waals surface area contributed by atoms with Gasteiger partial charge in [0.1, 0.15) is 0 Å². The molecule has 5 nitrogen and oxygen atoms in total. The van der Waals surface area contributed by atoms with Gasteiger partial charge < -0.3 is 9.47 Å². The summed E-state index contributed by atoms with van der Waals surface area (Å²) in [7, 11) is 0. The number of nitrogens with zero attached hydrogens (tertiary/aromatic N) is 1. The minimum atomic E-state index is -0.569. The molecule has 122 valence electrons. The van der Waals surface area contributed by atoms with Crippen LogP contribution >= 0.6 is 0 Å². The summed E-state index contributed by atoms with van der Waals surface area (Å²) in [4.78, 5) is 24.9. The third-order valence-electron chi connectivity index (χ3n) is 2.71. The Bertz CT molecular complexity index is 424. The first-order valence-electron chi connectivity index (χ1n) is 7.38. The fraction of sp³-hybridized carbons (Fsp3) is 0.529. The van der Waals surface area contributed by atoms with Crippen LogP contribution in [0.5, 0.6) is 0 Å². The summed E-state index contributed by atoms with van der Waals surface area (Å²) in [5.74, 6) is 4.49. The molecule has 0 radical (unpaired) electrons. The van der Waals surface area contributed by atoms with Crippen LogP contribution in [0.3, 0.4) is 0 Å². The number of rotatable bonds is 10. The molecule has 0 saturated heterocycles. The number of carbonyl (C=O) groups excluding carboxylic acids is 2. The van der Waals surface area contributed by atoms with Crippen molar-refractivity contribution in [3.8, 4) is 11.8 Å². The smallest absolute Gasteiger partial charge is 0.384 e. The van der Waals surface area contributed by atoms with E-state index in [4.69, 9.17) is 9.47 Å². The second kappa shape index (κ2) is 12.7. The van der Waals surface area contributed by atoms with Gasteiger partial charge in [0.15, 0.2) is 0 Å². The molecule has 1 unspecified atom stereocenters. The van der Waals surface area contributed by atoms with Crippen LogP contribution in [-0.4, -0.2) is 49.2 Å². The van der Waals surface area contributed by atoms with Crippen LogP contribution in [0.2, 0.25) is 0 Å². The first kappa shape index (κ1) is 19.9. The largest absolute Gasteiger partial charge is 0.466 e. The van der Waals surface area contributed by atoms with Crippen LogP contribution in [0.25, 0.3) is 0 Å². The number of ether oxygens (including phenoxy) is 2. The number of esters is 2. The van der Waals surface area contributed by atoms with Crippen LogP contribution in [-0.2, 0) is 19.1 Å². The Morgan fingerprint density at radius 1 is 1.14 bits per heavy atom. The van der Waals surface area contributed by atoms with Crippen molar-refractivity contribution in [2.45, 2.75) is 32.7 Å². The van der Waals surface area contributed by atoms with Crippen LogP contribution in [0, 0.1) is 11.8 Å². The number of carbonyl (C=O) groups is 2. The predicted octanol–water partition coefficient (Wildman–Crippen LogP) is 1.94. The van der Waals surface area contributed by atoms with Crippen LogP contribution in [0.15, 0.2) is 25.3 Å². The lowest BCUT2D eigenvalue weighted by atomic mass is 10.1. The zero-order chi connectivity index (χ0) is 16.8. The van der Waals surface area contributed by atoms with E-state index in [0.717, 1.165) is 0 Å². The van der Waals surface area contributed by atoms with Crippen molar-refractivity contribution >= 4 is 11.9 Å². The maximum Gasteiger partial charge on any atom is 0.384 e. The monoisotopic (exact) mass is 307 g/mol. The van der Waals surface area contributed by atoms with Gasteiger partial charge in [-0.2, -0.15) is 0 Å². The minimum Gasteiger partial charge on any atom is -0.466 e. The molecule has 0 aromatic heterocycles. The van der Waals surface area contributed by atoms with Crippen molar-refractivity contribution in [2.75, 3.05) is 26.3 Å². The molecule has 0 aromatic carbocycles. The van der Waals surface area contributed by atoms with E-state index in [9.17, 15) is 9.59 Å². The fourth-order valence-electron chi connectivity index (χ4n) is 1.80. The lowest BCUT2D eigenvalue weighted by Crippen LogP contribution is -2.35. The molecular formula is C17H25NO4. The van der Waals surface area contributed by atoms with E-state index in [2.05, 4.69) is 25.0 Å². The van der Waals surface area contributed by atoms with E-state index < -0.39 is 5.97 Å². The van der Waals surface area contributed by atoms with Crippen molar-refractivity contribution < 1.29 is 19.1 Å². The van der Waals surface area contributed by atoms with Crippen molar-refractivity contribution in [1.29, 1.82) is 0 Å². The quantitative estimate of drug-likeness (QED) is 0.267. The Morgan fingerprint density at radius 3 is 2.23 bits per heavy atom. The predicted molar refractivity (Wildman–Crippen MR) is 86.0 cm³/mol. The Labute approximate surface area is 133 Å². The summed E-state index contributed by atoms with van der Waals surface area (Å²) < 4.78 is 9.71. The molecule has 0 rings (SSSR count). The number of hydrogen-bond acceptors (Lipinski definition) is 5. The first-order chi connectivity index (χ1) is 10.6. The van der Waals surface area contributed by atoms with E-state index in [0.29, 0.717) is 26.1 Å². The van der Waals surface area contributed by atoms with Gasteiger partial charge in [0.25, 0.3) is 0 Å². The Morgan fingerprint density at radius 2 is 1.73 bits per heavy atom. The maximum absolute atomic E-state index is 11.5. The highest BCUT2D eigenvalue weighted by Gasteiger charge is 2.16. The van der Waals surface area contributed by atoms with Crippen molar-refractivity contribution in [2.24, 2.45) is 0 Å². The SMILES string of the molecule is C=CCN(CC=C)C(C#CC(=O)OCC)CCC(=O)OCC. The van der Waals surface area contributed by atoms with Crippen molar-refractivity contribution in [1.82, 2.24) is 4.90 Å². The van der Waals surface area contributed by atoms with Gasteiger partial charge in [-0.05, 0) is 20.3 Å². The third kappa shape index (κ3) is 8.98. The van der Waals surface area contributed by atoms with Gasteiger partial charge in [-0.3, -0.25) is 9.69 Å². The summed E-state index contributed by atoms with van der Waals surface area (Å²) in [5, 5.41) is 0. The molecule has 0 heterocycles. The van der Waals surface area contributed by atoms with E-state index >= 15 is 0 Å². The average molecular weight is 307 g/mol. The molecule has 0 bridgehead atoms. The number of hydrogen-bond donors (Lipinski definition) is 0. The van der Waals surface area contributed by atoms with E-state index in [1.807, 2.05) is 4.90 Å². The van der Waals surface area contributed by atoms with Gasteiger partial charge in [-0.15, -0.1) is 13.2 Å².